The van der Waals surface area contributed by atoms with E-state index in [1.54, 1.807) is 49.7 Å². The lowest BCUT2D eigenvalue weighted by Crippen LogP contribution is -2.12. The van der Waals surface area contributed by atoms with Gasteiger partial charge in [0.05, 0.1) is 23.3 Å². The van der Waals surface area contributed by atoms with Gasteiger partial charge in [0.25, 0.3) is 5.91 Å². The highest BCUT2D eigenvalue weighted by Gasteiger charge is 2.12. The molecule has 0 aliphatic heterocycles. The molecule has 1 N–H and O–H groups in total. The normalized spacial score (nSPS) is 10.5. The lowest BCUT2D eigenvalue weighted by molar-refractivity contribution is 0.102. The van der Waals surface area contributed by atoms with Crippen LogP contribution in [0.1, 0.15) is 10.4 Å². The third-order valence-corrected chi connectivity index (χ3v) is 3.63. The molecule has 0 unspecified atom stereocenters. The van der Waals surface area contributed by atoms with Gasteiger partial charge < -0.3 is 10.1 Å². The lowest BCUT2D eigenvalue weighted by atomic mass is 10.1. The topological polar surface area (TPSA) is 51.2 Å². The number of carbonyl (C=O) groups excluding carboxylic acids is 1. The van der Waals surface area contributed by atoms with Gasteiger partial charge in [0, 0.05) is 23.2 Å². The van der Waals surface area contributed by atoms with Crippen LogP contribution in [0.3, 0.4) is 0 Å². The molecule has 1 heterocycles. The second-order valence-electron chi connectivity index (χ2n) is 4.68. The quantitative estimate of drug-likeness (QED) is 0.790. The molecule has 5 heteroatoms. The average Bonchev–Trinajstić information content (AvgIpc) is 2.56. The van der Waals surface area contributed by atoms with Gasteiger partial charge >= 0.3 is 0 Å². The van der Waals surface area contributed by atoms with Crippen molar-refractivity contribution < 1.29 is 9.53 Å². The molecule has 22 heavy (non-hydrogen) atoms. The SMILES string of the molecule is COc1ccc(NC(=O)c2cccc3ncccc23)c(Cl)c1. The largest absolute Gasteiger partial charge is 0.497 e. The molecule has 3 rings (SSSR count). The van der Waals surface area contributed by atoms with E-state index >= 15 is 0 Å². The zero-order valence-electron chi connectivity index (χ0n) is 11.8. The van der Waals surface area contributed by atoms with Crippen LogP contribution in [0.4, 0.5) is 5.69 Å². The molecule has 0 spiro atoms. The third kappa shape index (κ3) is 2.73. The van der Waals surface area contributed by atoms with E-state index in [9.17, 15) is 4.79 Å². The molecule has 2 aromatic carbocycles. The molecular weight excluding hydrogens is 300 g/mol. The van der Waals surface area contributed by atoms with Crippen LogP contribution in [-0.4, -0.2) is 18.0 Å². The first-order chi connectivity index (χ1) is 10.7. The number of halogens is 1. The number of ether oxygens (including phenoxy) is 1. The average molecular weight is 313 g/mol. The van der Waals surface area contributed by atoms with Crippen LogP contribution in [0.15, 0.2) is 54.7 Å². The molecule has 0 saturated heterocycles. The summed E-state index contributed by atoms with van der Waals surface area (Å²) in [6, 6.07) is 14.2. The van der Waals surface area contributed by atoms with Gasteiger partial charge in [0.2, 0.25) is 0 Å². The molecule has 0 bridgehead atoms. The van der Waals surface area contributed by atoms with E-state index in [-0.39, 0.29) is 5.91 Å². The molecule has 1 amide bonds. The van der Waals surface area contributed by atoms with Crippen LogP contribution < -0.4 is 10.1 Å². The Morgan fingerprint density at radius 3 is 2.82 bits per heavy atom. The van der Waals surface area contributed by atoms with E-state index in [4.69, 9.17) is 16.3 Å². The maximum atomic E-state index is 12.5. The summed E-state index contributed by atoms with van der Waals surface area (Å²) < 4.78 is 5.09. The Labute approximate surface area is 132 Å². The Hall–Kier alpha value is -2.59. The first kappa shape index (κ1) is 14.4. The molecule has 0 aliphatic rings. The number of nitrogens with one attached hydrogen (secondary N) is 1. The zero-order chi connectivity index (χ0) is 15.5. The van der Waals surface area contributed by atoms with Gasteiger partial charge in [-0.2, -0.15) is 0 Å². The van der Waals surface area contributed by atoms with Gasteiger partial charge in [-0.1, -0.05) is 23.7 Å². The van der Waals surface area contributed by atoms with Crippen molar-refractivity contribution in [3.05, 3.63) is 65.3 Å². The van der Waals surface area contributed by atoms with E-state index in [1.165, 1.54) is 0 Å². The van der Waals surface area contributed by atoms with E-state index in [0.717, 1.165) is 10.9 Å². The monoisotopic (exact) mass is 312 g/mol. The molecule has 110 valence electrons. The highest BCUT2D eigenvalue weighted by atomic mass is 35.5. The van der Waals surface area contributed by atoms with Crippen LogP contribution in [0, 0.1) is 0 Å². The van der Waals surface area contributed by atoms with Crippen LogP contribution in [0.25, 0.3) is 10.9 Å². The second kappa shape index (κ2) is 6.03. The maximum absolute atomic E-state index is 12.5. The number of hydrogen-bond donors (Lipinski definition) is 1. The number of fused-ring (bicyclic) bond motifs is 1. The number of amides is 1. The summed E-state index contributed by atoms with van der Waals surface area (Å²) in [4.78, 5) is 16.8. The number of nitrogens with zero attached hydrogens (tertiary/aromatic N) is 1. The van der Waals surface area contributed by atoms with Crippen molar-refractivity contribution in [3.63, 3.8) is 0 Å². The fourth-order valence-corrected chi connectivity index (χ4v) is 2.43. The molecule has 0 aliphatic carbocycles. The Balaban J connectivity index is 1.94. The maximum Gasteiger partial charge on any atom is 0.256 e. The summed E-state index contributed by atoms with van der Waals surface area (Å²) >= 11 is 6.15. The summed E-state index contributed by atoms with van der Waals surface area (Å²) in [6.07, 6.45) is 1.70. The first-order valence-electron chi connectivity index (χ1n) is 6.67. The van der Waals surface area contributed by atoms with Crippen molar-refractivity contribution in [2.45, 2.75) is 0 Å². The molecular formula is C17H13ClN2O2. The lowest BCUT2D eigenvalue weighted by Gasteiger charge is -2.10. The summed E-state index contributed by atoms with van der Waals surface area (Å²) in [6.45, 7) is 0. The fraction of sp³-hybridized carbons (Fsp3) is 0.0588. The Morgan fingerprint density at radius 2 is 2.05 bits per heavy atom. The second-order valence-corrected chi connectivity index (χ2v) is 5.08. The highest BCUT2D eigenvalue weighted by molar-refractivity contribution is 6.34. The molecule has 3 aromatic rings. The van der Waals surface area contributed by atoms with Gasteiger partial charge in [0.1, 0.15) is 5.75 Å². The van der Waals surface area contributed by atoms with Crippen molar-refractivity contribution in [1.29, 1.82) is 0 Å². The Bertz CT molecular complexity index is 844. The van der Waals surface area contributed by atoms with E-state index in [1.807, 2.05) is 12.1 Å². The summed E-state index contributed by atoms with van der Waals surface area (Å²) in [7, 11) is 1.56. The molecule has 0 fully saturated rings. The van der Waals surface area contributed by atoms with Gasteiger partial charge in [-0.3, -0.25) is 9.78 Å². The molecule has 0 radical (unpaired) electrons. The molecule has 1 aromatic heterocycles. The minimum atomic E-state index is -0.231. The van der Waals surface area contributed by atoms with Crippen molar-refractivity contribution in [1.82, 2.24) is 4.98 Å². The molecule has 0 atom stereocenters. The van der Waals surface area contributed by atoms with E-state index < -0.39 is 0 Å². The number of benzene rings is 2. The standard InChI is InChI=1S/C17H13ClN2O2/c1-22-11-7-8-16(14(18)10-11)20-17(21)13-4-2-6-15-12(13)5-3-9-19-15/h2-10H,1H3,(H,20,21). The minimum Gasteiger partial charge on any atom is -0.497 e. The van der Waals surface area contributed by atoms with E-state index in [2.05, 4.69) is 10.3 Å². The number of aromatic nitrogens is 1. The molecule has 4 nitrogen and oxygen atoms in total. The van der Waals surface area contributed by atoms with Gasteiger partial charge in [-0.25, -0.2) is 0 Å². The Morgan fingerprint density at radius 1 is 1.18 bits per heavy atom. The van der Waals surface area contributed by atoms with Crippen LogP contribution in [-0.2, 0) is 0 Å². The van der Waals surface area contributed by atoms with Crippen molar-refractivity contribution in [3.8, 4) is 5.75 Å². The molecule has 0 saturated carbocycles. The van der Waals surface area contributed by atoms with Gasteiger partial charge in [-0.05, 0) is 30.3 Å². The van der Waals surface area contributed by atoms with Crippen LogP contribution >= 0.6 is 11.6 Å². The number of rotatable bonds is 3. The first-order valence-corrected chi connectivity index (χ1v) is 7.05. The van der Waals surface area contributed by atoms with E-state index in [0.29, 0.717) is 22.0 Å². The number of hydrogen-bond acceptors (Lipinski definition) is 3. The van der Waals surface area contributed by atoms with Crippen molar-refractivity contribution >= 4 is 34.1 Å². The van der Waals surface area contributed by atoms with Crippen molar-refractivity contribution in [2.24, 2.45) is 0 Å². The van der Waals surface area contributed by atoms with Crippen molar-refractivity contribution in [2.75, 3.05) is 12.4 Å². The predicted molar refractivity (Wildman–Crippen MR) is 87.7 cm³/mol. The predicted octanol–water partition coefficient (Wildman–Crippen LogP) is 4.15. The number of pyridine rings is 1. The zero-order valence-corrected chi connectivity index (χ0v) is 12.6. The summed E-state index contributed by atoms with van der Waals surface area (Å²) in [5.74, 6) is 0.406. The van der Waals surface area contributed by atoms with Crippen LogP contribution in [0.5, 0.6) is 5.75 Å². The number of anilines is 1. The van der Waals surface area contributed by atoms with Crippen LogP contribution in [0.2, 0.25) is 5.02 Å². The smallest absolute Gasteiger partial charge is 0.256 e. The summed E-state index contributed by atoms with van der Waals surface area (Å²) in [5.41, 5.74) is 1.86. The Kier molecular flexibility index (Phi) is 3.94. The number of carbonyl (C=O) groups is 1. The highest BCUT2D eigenvalue weighted by Crippen LogP contribution is 2.27. The summed E-state index contributed by atoms with van der Waals surface area (Å²) in [5, 5.41) is 4.04. The minimum absolute atomic E-state index is 0.231. The third-order valence-electron chi connectivity index (χ3n) is 3.31. The number of methoxy groups -OCH3 is 1. The fourth-order valence-electron chi connectivity index (χ4n) is 2.22. The van der Waals surface area contributed by atoms with Gasteiger partial charge in [0.15, 0.2) is 0 Å². The van der Waals surface area contributed by atoms with Gasteiger partial charge in [-0.15, -0.1) is 0 Å².